The molecular weight excluding hydrogens is 476 g/mol. The van der Waals surface area contributed by atoms with Crippen molar-refractivity contribution in [2.75, 3.05) is 55.8 Å². The van der Waals surface area contributed by atoms with Gasteiger partial charge in [-0.15, -0.1) is 11.8 Å². The molecule has 34 heavy (non-hydrogen) atoms. The zero-order valence-corrected chi connectivity index (χ0v) is 21.4. The number of halogens is 1. The van der Waals surface area contributed by atoms with Crippen LogP contribution in [-0.2, 0) is 9.53 Å². The highest BCUT2D eigenvalue weighted by molar-refractivity contribution is 7.99. The topological polar surface area (TPSA) is 93.0 Å². The number of piperazine rings is 1. The summed E-state index contributed by atoms with van der Waals surface area (Å²) in [6, 6.07) is 3.28. The van der Waals surface area contributed by atoms with Crippen LogP contribution in [0.15, 0.2) is 12.3 Å². The predicted molar refractivity (Wildman–Crippen MR) is 132 cm³/mol. The molecule has 3 aliphatic rings. The number of anilines is 1. The summed E-state index contributed by atoms with van der Waals surface area (Å²) >= 11 is 8.10. The predicted octanol–water partition coefficient (Wildman–Crippen LogP) is 2.64. The molecule has 0 N–H and O–H groups in total. The maximum atomic E-state index is 13.3. The van der Waals surface area contributed by atoms with Gasteiger partial charge in [0.05, 0.1) is 16.5 Å². The second-order valence-electron chi connectivity index (χ2n) is 9.84. The summed E-state index contributed by atoms with van der Waals surface area (Å²) in [7, 11) is 0. The summed E-state index contributed by atoms with van der Waals surface area (Å²) in [5, 5.41) is 9.51. The Morgan fingerprint density at radius 2 is 1.97 bits per heavy atom. The molecule has 0 aromatic carbocycles. The third-order valence-corrected chi connectivity index (χ3v) is 7.58. The molecule has 2 atom stereocenters. The molecule has 3 saturated heterocycles. The van der Waals surface area contributed by atoms with Crippen molar-refractivity contribution in [3.05, 3.63) is 22.8 Å². The molecule has 0 radical (unpaired) electrons. The van der Waals surface area contributed by atoms with Crippen LogP contribution in [-0.4, -0.2) is 100 Å². The second-order valence-corrected chi connectivity index (χ2v) is 11.3. The van der Waals surface area contributed by atoms with Gasteiger partial charge in [-0.1, -0.05) is 11.6 Å². The zero-order chi connectivity index (χ0) is 24.5. The fraction of sp³-hybridized carbons (Fsp3) is 0.652. The van der Waals surface area contributed by atoms with Crippen molar-refractivity contribution in [2.24, 2.45) is 0 Å². The van der Waals surface area contributed by atoms with Crippen LogP contribution in [0, 0.1) is 11.3 Å². The number of pyridine rings is 1. The molecule has 1 aromatic rings. The Labute approximate surface area is 209 Å². The number of amides is 2. The normalized spacial score (nSPS) is 23.8. The van der Waals surface area contributed by atoms with Crippen molar-refractivity contribution in [2.45, 2.75) is 44.9 Å². The summed E-state index contributed by atoms with van der Waals surface area (Å²) in [5.41, 5.74) is -0.182. The van der Waals surface area contributed by atoms with E-state index >= 15 is 0 Å². The van der Waals surface area contributed by atoms with Gasteiger partial charge in [0.25, 0.3) is 0 Å². The van der Waals surface area contributed by atoms with Crippen molar-refractivity contribution < 1.29 is 14.3 Å². The maximum absolute atomic E-state index is 13.3. The largest absolute Gasteiger partial charge is 0.444 e. The van der Waals surface area contributed by atoms with Gasteiger partial charge in [-0.2, -0.15) is 5.26 Å². The first-order chi connectivity index (χ1) is 16.2. The van der Waals surface area contributed by atoms with E-state index < -0.39 is 17.7 Å². The van der Waals surface area contributed by atoms with Gasteiger partial charge in [0.2, 0.25) is 5.91 Å². The highest BCUT2D eigenvalue weighted by atomic mass is 35.5. The summed E-state index contributed by atoms with van der Waals surface area (Å²) in [6.45, 7) is 9.71. The van der Waals surface area contributed by atoms with E-state index in [0.29, 0.717) is 35.2 Å². The highest BCUT2D eigenvalue weighted by Crippen LogP contribution is 2.30. The van der Waals surface area contributed by atoms with Crippen LogP contribution in [0.5, 0.6) is 0 Å². The van der Waals surface area contributed by atoms with E-state index in [9.17, 15) is 9.59 Å². The quantitative estimate of drug-likeness (QED) is 0.617. The van der Waals surface area contributed by atoms with Crippen molar-refractivity contribution >= 4 is 41.2 Å². The summed E-state index contributed by atoms with van der Waals surface area (Å²) in [4.78, 5) is 38.6. The lowest BCUT2D eigenvalue weighted by atomic mass is 10.1. The van der Waals surface area contributed by atoms with Crippen molar-refractivity contribution in [3.8, 4) is 6.07 Å². The van der Waals surface area contributed by atoms with E-state index in [0.717, 1.165) is 38.5 Å². The summed E-state index contributed by atoms with van der Waals surface area (Å²) < 4.78 is 5.65. The minimum atomic E-state index is -0.620. The van der Waals surface area contributed by atoms with E-state index in [-0.39, 0.29) is 11.9 Å². The highest BCUT2D eigenvalue weighted by Gasteiger charge is 2.45. The Balaban J connectivity index is 1.43. The number of hydrogen-bond donors (Lipinski definition) is 0. The molecule has 2 amide bonds. The standard InChI is InChI=1S/C23H31ClN6O3S/c1-23(2,3)33-22(32)30-14-17(11-19(30)21(31)29-8-9-34-15-29)27-4-6-28(7-5-27)20-18(24)10-16(12-25)13-26-20/h10,13,17,19H,4-9,11,14-15H2,1-3H3. The van der Waals surface area contributed by atoms with Crippen LogP contribution in [0.25, 0.3) is 0 Å². The fourth-order valence-corrected chi connectivity index (χ4v) is 5.90. The average molecular weight is 507 g/mol. The van der Waals surface area contributed by atoms with Gasteiger partial charge in [-0.25, -0.2) is 9.78 Å². The molecule has 184 valence electrons. The van der Waals surface area contributed by atoms with Crippen molar-refractivity contribution in [1.82, 2.24) is 19.7 Å². The van der Waals surface area contributed by atoms with Crippen LogP contribution >= 0.6 is 23.4 Å². The van der Waals surface area contributed by atoms with E-state index in [4.69, 9.17) is 21.6 Å². The molecule has 11 heteroatoms. The molecule has 4 heterocycles. The molecule has 0 saturated carbocycles. The van der Waals surface area contributed by atoms with Gasteiger partial charge in [-0.05, 0) is 33.3 Å². The van der Waals surface area contributed by atoms with Crippen LogP contribution in [0.3, 0.4) is 0 Å². The Bertz CT molecular complexity index is 966. The van der Waals surface area contributed by atoms with Gasteiger partial charge < -0.3 is 14.5 Å². The fourth-order valence-electron chi connectivity index (χ4n) is 4.66. The van der Waals surface area contributed by atoms with Crippen LogP contribution in [0.4, 0.5) is 10.6 Å². The molecule has 9 nitrogen and oxygen atoms in total. The third-order valence-electron chi connectivity index (χ3n) is 6.34. The van der Waals surface area contributed by atoms with E-state index in [1.165, 1.54) is 6.20 Å². The van der Waals surface area contributed by atoms with Gasteiger partial charge in [0.1, 0.15) is 23.5 Å². The monoisotopic (exact) mass is 506 g/mol. The minimum Gasteiger partial charge on any atom is -0.444 e. The number of rotatable bonds is 3. The zero-order valence-electron chi connectivity index (χ0n) is 19.9. The molecular formula is C23H31ClN6O3S. The SMILES string of the molecule is CC(C)(C)OC(=O)N1CC(N2CCN(c3ncc(C#N)cc3Cl)CC2)CC1C(=O)N1CCSC1. The number of ether oxygens (including phenoxy) is 1. The Morgan fingerprint density at radius 1 is 1.24 bits per heavy atom. The first-order valence-corrected chi connectivity index (χ1v) is 13.1. The first kappa shape index (κ1) is 24.9. The van der Waals surface area contributed by atoms with E-state index in [1.807, 2.05) is 25.7 Å². The lowest BCUT2D eigenvalue weighted by molar-refractivity contribution is -0.134. The van der Waals surface area contributed by atoms with Crippen LogP contribution in [0.2, 0.25) is 5.02 Å². The van der Waals surface area contributed by atoms with Crippen molar-refractivity contribution in [1.29, 1.82) is 5.26 Å². The maximum Gasteiger partial charge on any atom is 0.411 e. The Hall–Kier alpha value is -2.22. The number of carbonyl (C=O) groups is 2. The number of nitrogens with zero attached hydrogens (tertiary/aromatic N) is 6. The minimum absolute atomic E-state index is 0.0190. The van der Waals surface area contributed by atoms with Crippen molar-refractivity contribution in [3.63, 3.8) is 0 Å². The number of aromatic nitrogens is 1. The van der Waals surface area contributed by atoms with Gasteiger partial charge in [0.15, 0.2) is 0 Å². The van der Waals surface area contributed by atoms with Crippen LogP contribution < -0.4 is 4.90 Å². The number of likely N-dealkylation sites (tertiary alicyclic amines) is 1. The van der Waals surface area contributed by atoms with E-state index in [2.05, 4.69) is 20.9 Å². The number of carbonyl (C=O) groups excluding carboxylic acids is 2. The lowest BCUT2D eigenvalue weighted by Crippen LogP contribution is -2.51. The van der Waals surface area contributed by atoms with Gasteiger partial charge in [0, 0.05) is 57.3 Å². The molecule has 0 spiro atoms. The molecule has 3 fully saturated rings. The number of nitriles is 1. The smallest absolute Gasteiger partial charge is 0.411 e. The van der Waals surface area contributed by atoms with Crippen LogP contribution in [0.1, 0.15) is 32.8 Å². The molecule has 0 bridgehead atoms. The lowest BCUT2D eigenvalue weighted by Gasteiger charge is -2.38. The van der Waals surface area contributed by atoms with Gasteiger partial charge >= 0.3 is 6.09 Å². The number of hydrogen-bond acceptors (Lipinski definition) is 8. The third kappa shape index (κ3) is 5.53. The van der Waals surface area contributed by atoms with Gasteiger partial charge in [-0.3, -0.25) is 14.6 Å². The molecule has 1 aromatic heterocycles. The van der Waals surface area contributed by atoms with E-state index in [1.54, 1.807) is 22.7 Å². The second kappa shape index (κ2) is 10.2. The molecule has 0 aliphatic carbocycles. The first-order valence-electron chi connectivity index (χ1n) is 11.6. The average Bonchev–Trinajstić information content (AvgIpc) is 3.48. The number of thioether (sulfide) groups is 1. The Kier molecular flexibility index (Phi) is 7.45. The molecule has 2 unspecified atom stereocenters. The summed E-state index contributed by atoms with van der Waals surface area (Å²) in [5.74, 6) is 2.31. The Morgan fingerprint density at radius 3 is 2.56 bits per heavy atom. The molecule has 4 rings (SSSR count). The summed E-state index contributed by atoms with van der Waals surface area (Å²) in [6.07, 6.45) is 1.72. The molecule has 3 aliphatic heterocycles.